The van der Waals surface area contributed by atoms with E-state index in [0.29, 0.717) is 5.56 Å². The zero-order valence-electron chi connectivity index (χ0n) is 8.59. The summed E-state index contributed by atoms with van der Waals surface area (Å²) < 4.78 is 0. The maximum Gasteiger partial charge on any atom is 0.122 e. The number of benzene rings is 2. The first kappa shape index (κ1) is 10.5. The minimum atomic E-state index is -0.948. The molecule has 16 heavy (non-hydrogen) atoms. The van der Waals surface area contributed by atoms with E-state index in [-0.39, 0.29) is 12.2 Å². The topological polar surface area (TPSA) is 64.2 Å². The summed E-state index contributed by atoms with van der Waals surface area (Å²) in [7, 11) is 0. The Balaban J connectivity index is 2.66. The minimum absolute atomic E-state index is 0.0262. The van der Waals surface area contributed by atoms with Crippen LogP contribution in [0.15, 0.2) is 36.4 Å². The highest BCUT2D eigenvalue weighted by molar-refractivity contribution is 5.88. The maximum absolute atomic E-state index is 9.82. The van der Waals surface area contributed by atoms with E-state index >= 15 is 0 Å². The molecule has 3 nitrogen and oxygen atoms in total. The van der Waals surface area contributed by atoms with Crippen LogP contribution in [0.4, 0.5) is 0 Å². The molecular formula is C13H11NO2. The molecule has 0 aliphatic heterocycles. The quantitative estimate of drug-likeness (QED) is 0.805. The van der Waals surface area contributed by atoms with Gasteiger partial charge in [-0.25, -0.2) is 0 Å². The van der Waals surface area contributed by atoms with Crippen LogP contribution >= 0.6 is 0 Å². The predicted molar refractivity (Wildman–Crippen MR) is 60.8 cm³/mol. The highest BCUT2D eigenvalue weighted by Gasteiger charge is 2.15. The molecule has 0 amide bonds. The van der Waals surface area contributed by atoms with Crippen LogP contribution in [0.2, 0.25) is 0 Å². The Morgan fingerprint density at radius 3 is 2.69 bits per heavy atom. The van der Waals surface area contributed by atoms with Gasteiger partial charge in [0.15, 0.2) is 0 Å². The third-order valence-electron chi connectivity index (χ3n) is 2.57. The smallest absolute Gasteiger partial charge is 0.122 e. The first-order valence-electron chi connectivity index (χ1n) is 4.99. The monoisotopic (exact) mass is 213 g/mol. The number of phenolic OH excluding ortho intramolecular Hbond substituents is 1. The third kappa shape index (κ3) is 1.71. The van der Waals surface area contributed by atoms with Crippen LogP contribution in [0.1, 0.15) is 18.1 Å². The Bertz CT molecular complexity index is 557. The van der Waals surface area contributed by atoms with Crippen molar-refractivity contribution < 1.29 is 10.2 Å². The zero-order valence-corrected chi connectivity index (χ0v) is 8.59. The van der Waals surface area contributed by atoms with Gasteiger partial charge < -0.3 is 10.2 Å². The van der Waals surface area contributed by atoms with Gasteiger partial charge >= 0.3 is 0 Å². The molecule has 0 aliphatic rings. The van der Waals surface area contributed by atoms with Gasteiger partial charge in [0.2, 0.25) is 0 Å². The molecule has 0 heterocycles. The van der Waals surface area contributed by atoms with Crippen molar-refractivity contribution in [1.82, 2.24) is 0 Å². The molecule has 1 unspecified atom stereocenters. The van der Waals surface area contributed by atoms with Crippen molar-refractivity contribution in [2.24, 2.45) is 0 Å². The van der Waals surface area contributed by atoms with Crippen molar-refractivity contribution in [1.29, 1.82) is 5.26 Å². The highest BCUT2D eigenvalue weighted by Crippen LogP contribution is 2.33. The summed E-state index contributed by atoms with van der Waals surface area (Å²) in [5.41, 5.74) is 0.430. The fourth-order valence-corrected chi connectivity index (χ4v) is 1.82. The number of hydrogen-bond donors (Lipinski definition) is 2. The molecule has 0 spiro atoms. The van der Waals surface area contributed by atoms with Crippen LogP contribution in [-0.4, -0.2) is 10.2 Å². The van der Waals surface area contributed by atoms with Crippen molar-refractivity contribution in [3.05, 3.63) is 42.0 Å². The Morgan fingerprint density at radius 2 is 1.94 bits per heavy atom. The minimum Gasteiger partial charge on any atom is -0.508 e. The van der Waals surface area contributed by atoms with E-state index in [2.05, 4.69) is 0 Å². The van der Waals surface area contributed by atoms with E-state index in [1.165, 1.54) is 6.07 Å². The number of aliphatic hydroxyl groups is 1. The number of hydrogen-bond acceptors (Lipinski definition) is 3. The molecule has 1 atom stereocenters. The molecule has 0 fully saturated rings. The van der Waals surface area contributed by atoms with Crippen molar-refractivity contribution in [3.8, 4) is 11.8 Å². The van der Waals surface area contributed by atoms with Crippen LogP contribution in [-0.2, 0) is 0 Å². The fourth-order valence-electron chi connectivity index (χ4n) is 1.82. The molecule has 2 aromatic rings. The number of phenols is 1. The van der Waals surface area contributed by atoms with Gasteiger partial charge in [-0.2, -0.15) is 5.26 Å². The number of rotatable bonds is 2. The van der Waals surface area contributed by atoms with E-state index in [1.807, 2.05) is 30.3 Å². The molecule has 2 N–H and O–H groups in total. The average Bonchev–Trinajstić information content (AvgIpc) is 2.29. The van der Waals surface area contributed by atoms with E-state index in [9.17, 15) is 10.2 Å². The largest absolute Gasteiger partial charge is 0.508 e. The molecule has 2 rings (SSSR count). The van der Waals surface area contributed by atoms with Crippen molar-refractivity contribution in [3.63, 3.8) is 0 Å². The molecule has 0 aromatic heterocycles. The van der Waals surface area contributed by atoms with Crippen molar-refractivity contribution in [2.75, 3.05) is 0 Å². The van der Waals surface area contributed by atoms with Crippen LogP contribution in [0.25, 0.3) is 10.8 Å². The fraction of sp³-hybridized carbons (Fsp3) is 0.154. The van der Waals surface area contributed by atoms with Gasteiger partial charge in [-0.1, -0.05) is 30.3 Å². The molecule has 3 heteroatoms. The molecule has 0 bridgehead atoms. The lowest BCUT2D eigenvalue weighted by atomic mass is 9.98. The summed E-state index contributed by atoms with van der Waals surface area (Å²) in [6.07, 6.45) is -0.974. The Kier molecular flexibility index (Phi) is 2.76. The van der Waals surface area contributed by atoms with E-state index in [4.69, 9.17) is 5.26 Å². The van der Waals surface area contributed by atoms with Crippen LogP contribution in [0.5, 0.6) is 5.75 Å². The normalized spacial score (nSPS) is 12.2. The molecule has 80 valence electrons. The third-order valence-corrected chi connectivity index (χ3v) is 2.57. The van der Waals surface area contributed by atoms with Crippen LogP contribution in [0.3, 0.4) is 0 Å². The summed E-state index contributed by atoms with van der Waals surface area (Å²) >= 11 is 0. The lowest BCUT2D eigenvalue weighted by Crippen LogP contribution is -1.97. The van der Waals surface area contributed by atoms with Gasteiger partial charge in [0.05, 0.1) is 18.6 Å². The van der Waals surface area contributed by atoms with Gasteiger partial charge in [-0.05, 0) is 16.8 Å². The SMILES string of the molecule is N#CCC(O)c1c(O)ccc2ccccc12. The lowest BCUT2D eigenvalue weighted by Gasteiger charge is -2.12. The number of nitriles is 1. The second kappa shape index (κ2) is 4.21. The first-order chi connectivity index (χ1) is 7.74. The number of aromatic hydroxyl groups is 1. The van der Waals surface area contributed by atoms with Crippen molar-refractivity contribution >= 4 is 10.8 Å². The van der Waals surface area contributed by atoms with E-state index in [1.54, 1.807) is 6.07 Å². The maximum atomic E-state index is 9.82. The lowest BCUT2D eigenvalue weighted by molar-refractivity contribution is 0.181. The zero-order chi connectivity index (χ0) is 11.5. The summed E-state index contributed by atoms with van der Waals surface area (Å²) in [6, 6.07) is 12.7. The predicted octanol–water partition coefficient (Wildman–Crippen LogP) is 2.49. The van der Waals surface area contributed by atoms with Crippen LogP contribution in [0, 0.1) is 11.3 Å². The van der Waals surface area contributed by atoms with Crippen molar-refractivity contribution in [2.45, 2.75) is 12.5 Å². The number of aliphatic hydroxyl groups excluding tert-OH is 1. The Labute approximate surface area is 93.2 Å². The second-order valence-corrected chi connectivity index (χ2v) is 3.60. The molecule has 2 aromatic carbocycles. The average molecular weight is 213 g/mol. The summed E-state index contributed by atoms with van der Waals surface area (Å²) in [4.78, 5) is 0. The molecule has 0 aliphatic carbocycles. The van der Waals surface area contributed by atoms with E-state index < -0.39 is 6.10 Å². The Hall–Kier alpha value is -2.05. The van der Waals surface area contributed by atoms with Gasteiger partial charge in [-0.3, -0.25) is 0 Å². The van der Waals surface area contributed by atoms with Gasteiger partial charge in [0.25, 0.3) is 0 Å². The van der Waals surface area contributed by atoms with Gasteiger partial charge in [0.1, 0.15) is 5.75 Å². The summed E-state index contributed by atoms with van der Waals surface area (Å²) in [5, 5.41) is 29.8. The van der Waals surface area contributed by atoms with Gasteiger partial charge in [0, 0.05) is 5.56 Å². The van der Waals surface area contributed by atoms with E-state index in [0.717, 1.165) is 10.8 Å². The number of fused-ring (bicyclic) bond motifs is 1. The molecule has 0 saturated carbocycles. The Morgan fingerprint density at radius 1 is 1.19 bits per heavy atom. The standard InChI is InChI=1S/C13H11NO2/c14-8-7-12(16)13-10-4-2-1-3-9(10)5-6-11(13)15/h1-6,12,15-16H,7H2. The second-order valence-electron chi connectivity index (χ2n) is 3.60. The first-order valence-corrected chi connectivity index (χ1v) is 4.99. The summed E-state index contributed by atoms with van der Waals surface area (Å²) in [5.74, 6) is 0.0291. The number of nitrogens with zero attached hydrogens (tertiary/aromatic N) is 1. The molecule has 0 saturated heterocycles. The van der Waals surface area contributed by atoms with Gasteiger partial charge in [-0.15, -0.1) is 0 Å². The van der Waals surface area contributed by atoms with Crippen LogP contribution < -0.4 is 0 Å². The molecule has 0 radical (unpaired) electrons. The molecular weight excluding hydrogens is 202 g/mol. The highest BCUT2D eigenvalue weighted by atomic mass is 16.3. The summed E-state index contributed by atoms with van der Waals surface area (Å²) in [6.45, 7) is 0.